The van der Waals surface area contributed by atoms with Crippen LogP contribution in [0.3, 0.4) is 0 Å². The van der Waals surface area contributed by atoms with E-state index in [1.54, 1.807) is 20.0 Å². The highest BCUT2D eigenvalue weighted by atomic mass is 16.5. The van der Waals surface area contributed by atoms with Gasteiger partial charge in [0.15, 0.2) is 11.7 Å². The van der Waals surface area contributed by atoms with Crippen LogP contribution < -0.4 is 5.32 Å². The zero-order valence-corrected chi connectivity index (χ0v) is 14.0. The number of carbonyl (C=O) groups is 1. The molecular formula is C18H22N2O4. The lowest BCUT2D eigenvalue weighted by Crippen LogP contribution is -2.30. The van der Waals surface area contributed by atoms with E-state index in [1.165, 1.54) is 0 Å². The summed E-state index contributed by atoms with van der Waals surface area (Å²) in [5.41, 5.74) is 1.63. The number of aromatic nitrogens is 1. The monoisotopic (exact) mass is 330 g/mol. The smallest absolute Gasteiger partial charge is 0.253 e. The maximum absolute atomic E-state index is 12.2. The van der Waals surface area contributed by atoms with Crippen LogP contribution in [0.2, 0.25) is 0 Å². The summed E-state index contributed by atoms with van der Waals surface area (Å²) in [5.74, 6) is 1.16. The molecule has 1 amide bonds. The maximum Gasteiger partial charge on any atom is 0.253 e. The summed E-state index contributed by atoms with van der Waals surface area (Å²) in [6.07, 6.45) is 3.34. The molecule has 2 heterocycles. The van der Waals surface area contributed by atoms with Gasteiger partial charge in [0.25, 0.3) is 5.91 Å². The zero-order valence-electron chi connectivity index (χ0n) is 14.0. The van der Waals surface area contributed by atoms with Gasteiger partial charge in [-0.2, -0.15) is 0 Å². The van der Waals surface area contributed by atoms with Crippen molar-refractivity contribution < 1.29 is 18.7 Å². The van der Waals surface area contributed by atoms with Gasteiger partial charge in [0.2, 0.25) is 0 Å². The molecule has 1 aliphatic heterocycles. The van der Waals surface area contributed by atoms with Crippen LogP contribution in [0.15, 0.2) is 34.9 Å². The summed E-state index contributed by atoms with van der Waals surface area (Å²) in [6, 6.07) is 7.43. The predicted octanol–water partition coefficient (Wildman–Crippen LogP) is 3.17. The summed E-state index contributed by atoms with van der Waals surface area (Å²) in [6.45, 7) is 4.79. The van der Waals surface area contributed by atoms with Crippen molar-refractivity contribution in [3.63, 3.8) is 0 Å². The Morgan fingerprint density at radius 3 is 2.83 bits per heavy atom. The fraction of sp³-hybridized carbons (Fsp3) is 0.444. The molecule has 2 atom stereocenters. The number of oxazole rings is 1. The van der Waals surface area contributed by atoms with Gasteiger partial charge in [-0.3, -0.25) is 4.79 Å². The fourth-order valence-corrected chi connectivity index (χ4v) is 2.56. The van der Waals surface area contributed by atoms with E-state index in [0.29, 0.717) is 23.9 Å². The highest BCUT2D eigenvalue weighted by molar-refractivity contribution is 5.94. The van der Waals surface area contributed by atoms with Gasteiger partial charge in [0.1, 0.15) is 6.10 Å². The summed E-state index contributed by atoms with van der Waals surface area (Å²) in [7, 11) is 0. The molecule has 6 heteroatoms. The number of benzene rings is 1. The second-order valence-electron chi connectivity index (χ2n) is 5.92. The molecule has 1 saturated heterocycles. The van der Waals surface area contributed by atoms with E-state index >= 15 is 0 Å². The van der Waals surface area contributed by atoms with Crippen molar-refractivity contribution >= 4 is 11.6 Å². The number of ether oxygens (including phenoxy) is 2. The third-order valence-electron chi connectivity index (χ3n) is 3.98. The van der Waals surface area contributed by atoms with Crippen molar-refractivity contribution in [2.24, 2.45) is 0 Å². The Morgan fingerprint density at radius 1 is 1.42 bits per heavy atom. The van der Waals surface area contributed by atoms with Crippen molar-refractivity contribution in [3.05, 3.63) is 36.4 Å². The Bertz CT molecular complexity index is 675. The second kappa shape index (κ2) is 7.59. The van der Waals surface area contributed by atoms with E-state index in [0.717, 1.165) is 25.0 Å². The Balaban J connectivity index is 1.52. The van der Waals surface area contributed by atoms with Gasteiger partial charge in [0, 0.05) is 24.8 Å². The molecule has 0 bridgehead atoms. The molecule has 1 N–H and O–H groups in total. The first-order chi connectivity index (χ1) is 11.6. The van der Waals surface area contributed by atoms with E-state index in [4.69, 9.17) is 13.9 Å². The average Bonchev–Trinajstić information content (AvgIpc) is 3.25. The highest BCUT2D eigenvalue weighted by Crippen LogP contribution is 2.22. The Morgan fingerprint density at radius 2 is 2.21 bits per heavy atom. The number of aryl methyl sites for hydroxylation is 1. The van der Waals surface area contributed by atoms with Crippen LogP contribution in [0.4, 0.5) is 5.69 Å². The van der Waals surface area contributed by atoms with Gasteiger partial charge < -0.3 is 19.2 Å². The number of carbonyl (C=O) groups excluding carboxylic acids is 1. The van der Waals surface area contributed by atoms with Crippen LogP contribution in [0.25, 0.3) is 11.3 Å². The van der Waals surface area contributed by atoms with Gasteiger partial charge in [-0.1, -0.05) is 0 Å². The van der Waals surface area contributed by atoms with Crippen molar-refractivity contribution in [3.8, 4) is 11.3 Å². The summed E-state index contributed by atoms with van der Waals surface area (Å²) >= 11 is 0. The number of anilines is 1. The van der Waals surface area contributed by atoms with Gasteiger partial charge in [-0.25, -0.2) is 4.98 Å². The standard InChI is InChI=1S/C18H22N2O4/c1-12(23-11-16-4-3-9-22-16)18(21)20-15-7-5-14(6-8-15)17-10-19-13(2)24-17/h5-8,10,12,16H,3-4,9,11H2,1-2H3,(H,20,21)/t12-,16-/m1/s1. The quantitative estimate of drug-likeness (QED) is 0.880. The van der Waals surface area contributed by atoms with E-state index in [9.17, 15) is 4.79 Å². The fourth-order valence-electron chi connectivity index (χ4n) is 2.56. The lowest BCUT2D eigenvalue weighted by molar-refractivity contribution is -0.128. The van der Waals surface area contributed by atoms with Crippen LogP contribution in [-0.2, 0) is 14.3 Å². The first-order valence-electron chi connectivity index (χ1n) is 8.19. The summed E-state index contributed by atoms with van der Waals surface area (Å²) in [4.78, 5) is 16.2. The molecule has 3 rings (SSSR count). The molecule has 0 spiro atoms. The lowest BCUT2D eigenvalue weighted by atomic mass is 10.1. The van der Waals surface area contributed by atoms with Crippen molar-refractivity contribution in [1.82, 2.24) is 4.98 Å². The average molecular weight is 330 g/mol. The largest absolute Gasteiger partial charge is 0.441 e. The molecule has 0 aliphatic carbocycles. The van der Waals surface area contributed by atoms with E-state index in [-0.39, 0.29) is 12.0 Å². The SMILES string of the molecule is Cc1ncc(-c2ccc(NC(=O)[C@@H](C)OC[C@H]3CCCO3)cc2)o1. The minimum atomic E-state index is -0.522. The molecule has 1 aliphatic rings. The van der Waals surface area contributed by atoms with Crippen molar-refractivity contribution in [1.29, 1.82) is 0 Å². The van der Waals surface area contributed by atoms with Crippen LogP contribution >= 0.6 is 0 Å². The molecular weight excluding hydrogens is 308 g/mol. The molecule has 0 radical (unpaired) electrons. The number of nitrogens with zero attached hydrogens (tertiary/aromatic N) is 1. The van der Waals surface area contributed by atoms with Gasteiger partial charge in [-0.05, 0) is 44.0 Å². The Hall–Kier alpha value is -2.18. The van der Waals surface area contributed by atoms with Crippen LogP contribution in [0, 0.1) is 6.92 Å². The Labute approximate surface area is 141 Å². The minimum absolute atomic E-state index is 0.116. The molecule has 128 valence electrons. The maximum atomic E-state index is 12.2. The molecule has 24 heavy (non-hydrogen) atoms. The van der Waals surface area contributed by atoms with E-state index in [1.807, 2.05) is 24.3 Å². The molecule has 0 saturated carbocycles. The number of amides is 1. The van der Waals surface area contributed by atoms with Crippen molar-refractivity contribution in [2.75, 3.05) is 18.5 Å². The minimum Gasteiger partial charge on any atom is -0.441 e. The van der Waals surface area contributed by atoms with Gasteiger partial charge >= 0.3 is 0 Å². The lowest BCUT2D eigenvalue weighted by Gasteiger charge is -2.16. The zero-order chi connectivity index (χ0) is 16.9. The molecule has 1 fully saturated rings. The van der Waals surface area contributed by atoms with Gasteiger partial charge in [0.05, 0.1) is 18.9 Å². The van der Waals surface area contributed by atoms with Crippen LogP contribution in [0.5, 0.6) is 0 Å². The Kier molecular flexibility index (Phi) is 5.27. The first-order valence-corrected chi connectivity index (χ1v) is 8.19. The first kappa shape index (κ1) is 16.7. The van der Waals surface area contributed by atoms with Crippen molar-refractivity contribution in [2.45, 2.75) is 38.9 Å². The molecule has 2 aromatic rings. The van der Waals surface area contributed by atoms with E-state index in [2.05, 4.69) is 10.3 Å². The summed E-state index contributed by atoms with van der Waals surface area (Å²) in [5, 5.41) is 2.85. The molecule has 6 nitrogen and oxygen atoms in total. The predicted molar refractivity (Wildman–Crippen MR) is 89.7 cm³/mol. The number of rotatable bonds is 6. The van der Waals surface area contributed by atoms with E-state index < -0.39 is 6.10 Å². The third kappa shape index (κ3) is 4.21. The number of hydrogen-bond donors (Lipinski definition) is 1. The topological polar surface area (TPSA) is 73.6 Å². The third-order valence-corrected chi connectivity index (χ3v) is 3.98. The van der Waals surface area contributed by atoms with Crippen LogP contribution in [0.1, 0.15) is 25.7 Å². The van der Waals surface area contributed by atoms with Crippen LogP contribution in [-0.4, -0.2) is 36.3 Å². The van der Waals surface area contributed by atoms with Gasteiger partial charge in [-0.15, -0.1) is 0 Å². The summed E-state index contributed by atoms with van der Waals surface area (Å²) < 4.78 is 16.6. The number of hydrogen-bond acceptors (Lipinski definition) is 5. The molecule has 1 aromatic heterocycles. The molecule has 0 unspecified atom stereocenters. The second-order valence-corrected chi connectivity index (χ2v) is 5.92. The number of nitrogens with one attached hydrogen (secondary N) is 1. The molecule has 1 aromatic carbocycles. The highest BCUT2D eigenvalue weighted by Gasteiger charge is 2.20. The normalized spacial score (nSPS) is 18.5.